The number of ether oxygens (including phenoxy) is 1. The predicted molar refractivity (Wildman–Crippen MR) is 145 cm³/mol. The van der Waals surface area contributed by atoms with Crippen molar-refractivity contribution in [2.24, 2.45) is 4.99 Å². The van der Waals surface area contributed by atoms with Gasteiger partial charge in [0.25, 0.3) is 0 Å². The van der Waals surface area contributed by atoms with Crippen LogP contribution in [0.1, 0.15) is 32.3 Å². The molecule has 4 rings (SSSR count). The van der Waals surface area contributed by atoms with E-state index >= 15 is 0 Å². The number of aromatic nitrogens is 1. The quantitative estimate of drug-likeness (QED) is 0.325. The molecule has 0 radical (unpaired) electrons. The zero-order valence-electron chi connectivity index (χ0n) is 19.2. The van der Waals surface area contributed by atoms with Crippen LogP contribution in [0.25, 0.3) is 0 Å². The summed E-state index contributed by atoms with van der Waals surface area (Å²) in [6, 6.07) is 9.04. The van der Waals surface area contributed by atoms with Crippen molar-refractivity contribution < 1.29 is 4.74 Å². The number of halogens is 1. The van der Waals surface area contributed by atoms with E-state index in [-0.39, 0.29) is 36.2 Å². The number of piperidine rings is 1. The number of aliphatic imine (C=N–C) groups is 1. The van der Waals surface area contributed by atoms with Crippen LogP contribution in [0.15, 0.2) is 40.8 Å². The molecule has 2 aliphatic heterocycles. The molecule has 2 N–H and O–H groups in total. The van der Waals surface area contributed by atoms with E-state index in [9.17, 15) is 0 Å². The first-order chi connectivity index (χ1) is 15.1. The van der Waals surface area contributed by atoms with E-state index in [2.05, 4.69) is 73.9 Å². The maximum Gasteiger partial charge on any atom is 0.191 e. The Morgan fingerprint density at radius 1 is 1.16 bits per heavy atom. The third-order valence-corrected chi connectivity index (χ3v) is 6.82. The molecular formula is C23H35IN6OS. The van der Waals surface area contributed by atoms with E-state index in [0.29, 0.717) is 12.6 Å². The third-order valence-electron chi connectivity index (χ3n) is 5.89. The van der Waals surface area contributed by atoms with Crippen LogP contribution in [0.3, 0.4) is 0 Å². The smallest absolute Gasteiger partial charge is 0.191 e. The Morgan fingerprint density at radius 2 is 1.91 bits per heavy atom. The Hall–Kier alpha value is -1.59. The van der Waals surface area contributed by atoms with Crippen LogP contribution in [0.5, 0.6) is 0 Å². The van der Waals surface area contributed by atoms with Gasteiger partial charge in [-0.2, -0.15) is 0 Å². The highest BCUT2D eigenvalue weighted by atomic mass is 127. The summed E-state index contributed by atoms with van der Waals surface area (Å²) in [7, 11) is 1.83. The first-order valence-electron chi connectivity index (χ1n) is 11.2. The van der Waals surface area contributed by atoms with E-state index in [1.807, 2.05) is 24.6 Å². The minimum atomic E-state index is 0. The molecule has 0 aliphatic carbocycles. The summed E-state index contributed by atoms with van der Waals surface area (Å²) in [6.07, 6.45) is 4.66. The second kappa shape index (κ2) is 12.0. The molecule has 2 saturated heterocycles. The summed E-state index contributed by atoms with van der Waals surface area (Å²) in [5, 5.41) is 10.5. The Morgan fingerprint density at radius 3 is 2.50 bits per heavy atom. The number of rotatable bonds is 5. The number of nitrogens with one attached hydrogen (secondary N) is 2. The molecule has 2 unspecified atom stereocenters. The van der Waals surface area contributed by atoms with Crippen molar-refractivity contribution in [2.45, 2.75) is 51.5 Å². The molecule has 0 aromatic carbocycles. The molecule has 0 amide bonds. The third kappa shape index (κ3) is 6.71. The summed E-state index contributed by atoms with van der Waals surface area (Å²) in [5.74, 6) is 1.88. The Kier molecular flexibility index (Phi) is 9.42. The molecule has 0 saturated carbocycles. The van der Waals surface area contributed by atoms with Crippen molar-refractivity contribution >= 4 is 52.1 Å². The predicted octanol–water partition coefficient (Wildman–Crippen LogP) is 3.71. The fourth-order valence-electron chi connectivity index (χ4n) is 4.34. The number of nitrogens with zero attached hydrogens (tertiary/aromatic N) is 4. The van der Waals surface area contributed by atoms with Gasteiger partial charge < -0.3 is 25.2 Å². The Bertz CT molecular complexity index is 829. The van der Waals surface area contributed by atoms with Crippen LogP contribution in [0.2, 0.25) is 0 Å². The first-order valence-corrected chi connectivity index (χ1v) is 12.1. The lowest BCUT2D eigenvalue weighted by molar-refractivity contribution is -0.00545. The van der Waals surface area contributed by atoms with Crippen molar-refractivity contribution in [1.82, 2.24) is 15.6 Å². The van der Waals surface area contributed by atoms with Gasteiger partial charge in [-0.25, -0.2) is 4.98 Å². The number of pyridine rings is 1. The van der Waals surface area contributed by atoms with Crippen molar-refractivity contribution in [3.8, 4) is 0 Å². The lowest BCUT2D eigenvalue weighted by atomic mass is 10.1. The van der Waals surface area contributed by atoms with Gasteiger partial charge in [0.1, 0.15) is 5.82 Å². The summed E-state index contributed by atoms with van der Waals surface area (Å²) in [5.41, 5.74) is 1.15. The number of morpholine rings is 1. The first kappa shape index (κ1) is 25.0. The van der Waals surface area contributed by atoms with Gasteiger partial charge in [0.2, 0.25) is 0 Å². The second-order valence-electron chi connectivity index (χ2n) is 8.47. The molecule has 0 bridgehead atoms. The Balaban J connectivity index is 0.00000289. The largest absolute Gasteiger partial charge is 0.372 e. The van der Waals surface area contributed by atoms with Crippen molar-refractivity contribution in [3.63, 3.8) is 0 Å². The van der Waals surface area contributed by atoms with Crippen LogP contribution in [0.4, 0.5) is 10.8 Å². The standard InChI is InChI=1S/C23H34N6OS.HI/c1-17-15-29(16-18(2)30-17)21-7-6-19(13-25-21)14-26-23(24-3)27-20-8-10-28(11-9-20)22-5-4-12-31-22;/h4-7,12-13,17-18,20H,8-11,14-16H2,1-3H3,(H2,24,26,27);1H. The fourth-order valence-corrected chi connectivity index (χ4v) is 5.13. The van der Waals surface area contributed by atoms with Gasteiger partial charge in [-0.15, -0.1) is 35.3 Å². The lowest BCUT2D eigenvalue weighted by Crippen LogP contribution is -2.48. The lowest BCUT2D eigenvalue weighted by Gasteiger charge is -2.36. The summed E-state index contributed by atoms with van der Waals surface area (Å²) in [6.45, 7) is 8.88. The Labute approximate surface area is 212 Å². The molecule has 7 nitrogen and oxygen atoms in total. The van der Waals surface area contributed by atoms with Gasteiger partial charge >= 0.3 is 0 Å². The average Bonchev–Trinajstić information content (AvgIpc) is 3.32. The molecule has 32 heavy (non-hydrogen) atoms. The van der Waals surface area contributed by atoms with Gasteiger partial charge in [-0.1, -0.05) is 6.07 Å². The number of guanidine groups is 1. The van der Waals surface area contributed by atoms with Crippen LogP contribution < -0.4 is 20.4 Å². The molecular weight excluding hydrogens is 535 g/mol. The normalized spacial score (nSPS) is 22.4. The number of anilines is 2. The minimum absolute atomic E-state index is 0. The van der Waals surface area contributed by atoms with Crippen molar-refractivity contribution in [2.75, 3.05) is 43.0 Å². The zero-order chi connectivity index (χ0) is 21.6. The molecule has 2 fully saturated rings. The summed E-state index contributed by atoms with van der Waals surface area (Å²) < 4.78 is 5.82. The highest BCUT2D eigenvalue weighted by Crippen LogP contribution is 2.24. The van der Waals surface area contributed by atoms with Gasteiger partial charge in [-0.3, -0.25) is 4.99 Å². The van der Waals surface area contributed by atoms with Gasteiger partial charge in [0.15, 0.2) is 5.96 Å². The van der Waals surface area contributed by atoms with E-state index in [0.717, 1.165) is 56.4 Å². The van der Waals surface area contributed by atoms with Crippen LogP contribution in [-0.2, 0) is 11.3 Å². The van der Waals surface area contributed by atoms with Gasteiger partial charge in [0, 0.05) is 52.0 Å². The van der Waals surface area contributed by atoms with Crippen LogP contribution >= 0.6 is 35.3 Å². The number of hydrogen-bond donors (Lipinski definition) is 2. The molecule has 2 aromatic rings. The highest BCUT2D eigenvalue weighted by Gasteiger charge is 2.23. The minimum Gasteiger partial charge on any atom is -0.372 e. The van der Waals surface area contributed by atoms with E-state index in [1.54, 1.807) is 0 Å². The second-order valence-corrected chi connectivity index (χ2v) is 9.40. The zero-order valence-corrected chi connectivity index (χ0v) is 22.3. The number of thiophene rings is 1. The van der Waals surface area contributed by atoms with E-state index in [1.165, 1.54) is 5.00 Å². The molecule has 2 atom stereocenters. The van der Waals surface area contributed by atoms with E-state index < -0.39 is 0 Å². The monoisotopic (exact) mass is 570 g/mol. The molecule has 9 heteroatoms. The maximum atomic E-state index is 5.82. The van der Waals surface area contributed by atoms with Crippen molar-refractivity contribution in [1.29, 1.82) is 0 Å². The van der Waals surface area contributed by atoms with E-state index in [4.69, 9.17) is 4.74 Å². The molecule has 4 heterocycles. The molecule has 176 valence electrons. The van der Waals surface area contributed by atoms with Gasteiger partial charge in [-0.05, 0) is 55.8 Å². The summed E-state index contributed by atoms with van der Waals surface area (Å²) >= 11 is 1.82. The summed E-state index contributed by atoms with van der Waals surface area (Å²) in [4.78, 5) is 13.9. The van der Waals surface area contributed by atoms with Crippen molar-refractivity contribution in [3.05, 3.63) is 41.4 Å². The van der Waals surface area contributed by atoms with Crippen LogP contribution in [-0.4, -0.2) is 62.4 Å². The molecule has 0 spiro atoms. The van der Waals surface area contributed by atoms with Crippen LogP contribution in [0, 0.1) is 0 Å². The topological polar surface area (TPSA) is 65.0 Å². The number of hydrogen-bond acceptors (Lipinski definition) is 6. The maximum absolute atomic E-state index is 5.82. The SMILES string of the molecule is CN=C(NCc1ccc(N2CC(C)OC(C)C2)nc1)NC1CCN(c2cccs2)CC1.I. The highest BCUT2D eigenvalue weighted by molar-refractivity contribution is 14.0. The van der Waals surface area contributed by atoms with Gasteiger partial charge in [0.05, 0.1) is 17.2 Å². The molecule has 2 aliphatic rings. The fraction of sp³-hybridized carbons (Fsp3) is 0.565. The molecule has 2 aromatic heterocycles. The average molecular weight is 571 g/mol.